The Hall–Kier alpha value is -3.16. The van der Waals surface area contributed by atoms with Crippen molar-refractivity contribution in [2.24, 2.45) is 5.10 Å². The van der Waals surface area contributed by atoms with Crippen LogP contribution in [0.25, 0.3) is 0 Å². The SMILES string of the molecule is COc1cc(C=NNC(=O)c2cnccn2)cc(OC)c1OC. The lowest BCUT2D eigenvalue weighted by Crippen LogP contribution is -2.19. The molecule has 120 valence electrons. The molecule has 1 heterocycles. The van der Waals surface area contributed by atoms with Crippen LogP contribution in [0.15, 0.2) is 35.8 Å². The molecule has 1 N–H and O–H groups in total. The van der Waals surface area contributed by atoms with E-state index in [1.807, 2.05) is 0 Å². The fourth-order valence-electron chi connectivity index (χ4n) is 1.81. The van der Waals surface area contributed by atoms with Gasteiger partial charge in [-0.2, -0.15) is 5.10 Å². The van der Waals surface area contributed by atoms with E-state index < -0.39 is 5.91 Å². The lowest BCUT2D eigenvalue weighted by atomic mass is 10.2. The fourth-order valence-corrected chi connectivity index (χ4v) is 1.81. The molecule has 0 radical (unpaired) electrons. The first kappa shape index (κ1) is 16.2. The van der Waals surface area contributed by atoms with Crippen molar-refractivity contribution in [3.63, 3.8) is 0 Å². The lowest BCUT2D eigenvalue weighted by Gasteiger charge is -2.12. The van der Waals surface area contributed by atoms with Gasteiger partial charge in [0.1, 0.15) is 5.69 Å². The van der Waals surface area contributed by atoms with Crippen molar-refractivity contribution < 1.29 is 19.0 Å². The number of hydrogen-bond acceptors (Lipinski definition) is 7. The van der Waals surface area contributed by atoms with Gasteiger partial charge >= 0.3 is 0 Å². The fraction of sp³-hybridized carbons (Fsp3) is 0.200. The summed E-state index contributed by atoms with van der Waals surface area (Å²) in [5.74, 6) is 1.01. The average molecular weight is 316 g/mol. The van der Waals surface area contributed by atoms with Crippen LogP contribution in [0.3, 0.4) is 0 Å². The van der Waals surface area contributed by atoms with E-state index in [2.05, 4.69) is 20.5 Å². The van der Waals surface area contributed by atoms with Gasteiger partial charge in [-0.25, -0.2) is 10.4 Å². The summed E-state index contributed by atoms with van der Waals surface area (Å²) >= 11 is 0. The highest BCUT2D eigenvalue weighted by Gasteiger charge is 2.12. The third-order valence-electron chi connectivity index (χ3n) is 2.86. The Balaban J connectivity index is 2.15. The molecular formula is C15H16N4O4. The number of amides is 1. The van der Waals surface area contributed by atoms with Crippen LogP contribution in [0.4, 0.5) is 0 Å². The van der Waals surface area contributed by atoms with Crippen LogP contribution >= 0.6 is 0 Å². The van der Waals surface area contributed by atoms with Crippen molar-refractivity contribution in [3.05, 3.63) is 42.0 Å². The van der Waals surface area contributed by atoms with Crippen molar-refractivity contribution in [2.45, 2.75) is 0 Å². The molecule has 2 rings (SSSR count). The van der Waals surface area contributed by atoms with Gasteiger partial charge in [0.25, 0.3) is 5.91 Å². The molecule has 1 amide bonds. The molecule has 0 saturated carbocycles. The summed E-state index contributed by atoms with van der Waals surface area (Å²) in [6.07, 6.45) is 5.72. The second-order valence-corrected chi connectivity index (χ2v) is 4.25. The molecule has 8 nitrogen and oxygen atoms in total. The van der Waals surface area contributed by atoms with Crippen LogP contribution in [0.1, 0.15) is 16.1 Å². The first-order valence-corrected chi connectivity index (χ1v) is 6.59. The third-order valence-corrected chi connectivity index (χ3v) is 2.86. The summed E-state index contributed by atoms with van der Waals surface area (Å²) in [5.41, 5.74) is 3.21. The van der Waals surface area contributed by atoms with Crippen molar-refractivity contribution in [1.82, 2.24) is 15.4 Å². The second-order valence-electron chi connectivity index (χ2n) is 4.25. The minimum Gasteiger partial charge on any atom is -0.493 e. The molecule has 8 heteroatoms. The van der Waals surface area contributed by atoms with E-state index in [0.717, 1.165) is 0 Å². The molecule has 0 bridgehead atoms. The summed E-state index contributed by atoms with van der Waals surface area (Å²) in [6, 6.07) is 3.42. The van der Waals surface area contributed by atoms with E-state index in [4.69, 9.17) is 14.2 Å². The van der Waals surface area contributed by atoms with E-state index >= 15 is 0 Å². The Morgan fingerprint density at radius 3 is 2.35 bits per heavy atom. The molecule has 0 aliphatic heterocycles. The number of nitrogens with zero attached hydrogens (tertiary/aromatic N) is 3. The molecule has 0 saturated heterocycles. The predicted molar refractivity (Wildman–Crippen MR) is 83.2 cm³/mol. The standard InChI is InChI=1S/C15H16N4O4/c1-21-12-6-10(7-13(22-2)14(12)23-3)8-18-19-15(20)11-9-16-4-5-17-11/h4-9H,1-3H3,(H,19,20). The Labute approximate surface area is 133 Å². The number of aromatic nitrogens is 2. The molecule has 0 atom stereocenters. The minimum atomic E-state index is -0.457. The maximum atomic E-state index is 11.8. The molecule has 0 spiro atoms. The zero-order chi connectivity index (χ0) is 16.7. The smallest absolute Gasteiger partial charge is 0.291 e. The Kier molecular flexibility index (Phi) is 5.45. The highest BCUT2D eigenvalue weighted by molar-refractivity contribution is 5.92. The van der Waals surface area contributed by atoms with Crippen molar-refractivity contribution in [3.8, 4) is 17.2 Å². The minimum absolute atomic E-state index is 0.176. The Bertz CT molecular complexity index is 679. The summed E-state index contributed by atoms with van der Waals surface area (Å²) < 4.78 is 15.7. The van der Waals surface area contributed by atoms with Gasteiger partial charge in [-0.1, -0.05) is 0 Å². The van der Waals surface area contributed by atoms with Crippen LogP contribution in [-0.4, -0.2) is 43.4 Å². The van der Waals surface area contributed by atoms with Gasteiger partial charge in [0.05, 0.1) is 33.7 Å². The number of methoxy groups -OCH3 is 3. The highest BCUT2D eigenvalue weighted by atomic mass is 16.5. The topological polar surface area (TPSA) is 94.9 Å². The first-order chi connectivity index (χ1) is 11.2. The average Bonchev–Trinajstić information content (AvgIpc) is 2.61. The number of nitrogens with one attached hydrogen (secondary N) is 1. The number of rotatable bonds is 6. The van der Waals surface area contributed by atoms with E-state index in [-0.39, 0.29) is 5.69 Å². The van der Waals surface area contributed by atoms with Gasteiger partial charge in [0, 0.05) is 18.0 Å². The number of benzene rings is 1. The van der Waals surface area contributed by atoms with E-state index in [9.17, 15) is 4.79 Å². The zero-order valence-electron chi connectivity index (χ0n) is 12.9. The van der Waals surface area contributed by atoms with Crippen molar-refractivity contribution in [1.29, 1.82) is 0 Å². The van der Waals surface area contributed by atoms with Gasteiger partial charge in [-0.3, -0.25) is 9.78 Å². The van der Waals surface area contributed by atoms with E-state index in [1.54, 1.807) is 12.1 Å². The maximum absolute atomic E-state index is 11.8. The lowest BCUT2D eigenvalue weighted by molar-refractivity contribution is 0.0949. The van der Waals surface area contributed by atoms with Gasteiger partial charge in [0.15, 0.2) is 11.5 Å². The molecule has 0 aliphatic rings. The number of ether oxygens (including phenoxy) is 3. The number of carbonyl (C=O) groups excluding carboxylic acids is 1. The summed E-state index contributed by atoms with van der Waals surface area (Å²) in [6.45, 7) is 0. The monoisotopic (exact) mass is 316 g/mol. The predicted octanol–water partition coefficient (Wildman–Crippen LogP) is 1.27. The van der Waals surface area contributed by atoms with Crippen molar-refractivity contribution >= 4 is 12.1 Å². The number of hydrogen-bond donors (Lipinski definition) is 1. The molecule has 0 aliphatic carbocycles. The molecule has 1 aromatic carbocycles. The van der Waals surface area contributed by atoms with Crippen LogP contribution < -0.4 is 19.6 Å². The van der Waals surface area contributed by atoms with Crippen LogP contribution in [0.5, 0.6) is 17.2 Å². The van der Waals surface area contributed by atoms with Crippen LogP contribution in [-0.2, 0) is 0 Å². The maximum Gasteiger partial charge on any atom is 0.291 e. The van der Waals surface area contributed by atoms with Gasteiger partial charge in [-0.15, -0.1) is 0 Å². The van der Waals surface area contributed by atoms with E-state index in [1.165, 1.54) is 46.1 Å². The van der Waals surface area contributed by atoms with Crippen LogP contribution in [0.2, 0.25) is 0 Å². The summed E-state index contributed by atoms with van der Waals surface area (Å²) in [4.78, 5) is 19.5. The molecule has 23 heavy (non-hydrogen) atoms. The molecule has 0 fully saturated rings. The number of hydrazone groups is 1. The Morgan fingerprint density at radius 2 is 1.83 bits per heavy atom. The highest BCUT2D eigenvalue weighted by Crippen LogP contribution is 2.37. The second kappa shape index (κ2) is 7.74. The quantitative estimate of drug-likeness (QED) is 0.637. The molecule has 1 aromatic heterocycles. The molecular weight excluding hydrogens is 300 g/mol. The number of carbonyl (C=O) groups is 1. The third kappa shape index (κ3) is 3.94. The summed E-state index contributed by atoms with van der Waals surface area (Å²) in [5, 5.41) is 3.88. The molecule has 0 unspecified atom stereocenters. The van der Waals surface area contributed by atoms with Gasteiger partial charge in [0.2, 0.25) is 5.75 Å². The zero-order valence-corrected chi connectivity index (χ0v) is 12.9. The Morgan fingerprint density at radius 1 is 1.13 bits per heavy atom. The van der Waals surface area contributed by atoms with Crippen molar-refractivity contribution in [2.75, 3.05) is 21.3 Å². The van der Waals surface area contributed by atoms with Gasteiger partial charge in [-0.05, 0) is 12.1 Å². The normalized spacial score (nSPS) is 10.4. The van der Waals surface area contributed by atoms with E-state index in [0.29, 0.717) is 22.8 Å². The summed E-state index contributed by atoms with van der Waals surface area (Å²) in [7, 11) is 4.57. The largest absolute Gasteiger partial charge is 0.493 e. The van der Waals surface area contributed by atoms with Crippen LogP contribution in [0, 0.1) is 0 Å². The van der Waals surface area contributed by atoms with Gasteiger partial charge < -0.3 is 14.2 Å². The first-order valence-electron chi connectivity index (χ1n) is 6.59. The molecule has 2 aromatic rings.